The van der Waals surface area contributed by atoms with Gasteiger partial charge >= 0.3 is 0 Å². The van der Waals surface area contributed by atoms with Crippen molar-refractivity contribution in [3.63, 3.8) is 0 Å². The van der Waals surface area contributed by atoms with Gasteiger partial charge in [-0.25, -0.2) is 0 Å². The highest BCUT2D eigenvalue weighted by Crippen LogP contribution is 2.20. The summed E-state index contributed by atoms with van der Waals surface area (Å²) in [5.41, 5.74) is 4.84. The molecule has 1 amide bonds. The Hall–Kier alpha value is -0.650. The molecule has 0 bridgehead atoms. The number of hydrogen-bond acceptors (Lipinski definition) is 4. The average molecular weight is 230 g/mol. The smallest absolute Gasteiger partial charge is 0.249 e. The largest absolute Gasteiger partial charge is 0.391 e. The normalized spacial score (nSPS) is 27.8. The van der Waals surface area contributed by atoms with Crippen molar-refractivity contribution in [2.45, 2.75) is 57.5 Å². The van der Waals surface area contributed by atoms with Crippen molar-refractivity contribution in [1.82, 2.24) is 5.32 Å². The molecule has 0 aromatic rings. The molecule has 1 aliphatic heterocycles. The summed E-state index contributed by atoms with van der Waals surface area (Å²) in [6.45, 7) is 5.66. The molecule has 16 heavy (non-hydrogen) atoms. The van der Waals surface area contributed by atoms with Crippen molar-refractivity contribution >= 4 is 5.91 Å². The first kappa shape index (κ1) is 13.4. The maximum Gasteiger partial charge on any atom is 0.249 e. The molecule has 0 saturated carbocycles. The van der Waals surface area contributed by atoms with E-state index in [-0.39, 0.29) is 12.0 Å². The highest BCUT2D eigenvalue weighted by atomic mass is 16.5. The molecule has 0 spiro atoms. The summed E-state index contributed by atoms with van der Waals surface area (Å²) < 4.78 is 5.48. The molecule has 1 heterocycles. The molecular weight excluding hydrogens is 208 g/mol. The molecule has 1 aliphatic rings. The number of rotatable bonds is 4. The molecule has 94 valence electrons. The fraction of sp³-hybridized carbons (Fsp3) is 0.909. The summed E-state index contributed by atoms with van der Waals surface area (Å²) in [6.07, 6.45) is 0.480. The van der Waals surface area contributed by atoms with Crippen LogP contribution < -0.4 is 11.1 Å². The van der Waals surface area contributed by atoms with Crippen molar-refractivity contribution < 1.29 is 14.6 Å². The predicted octanol–water partition coefficient (Wildman–Crippen LogP) is -0.232. The lowest BCUT2D eigenvalue weighted by Crippen LogP contribution is -2.53. The van der Waals surface area contributed by atoms with Crippen molar-refractivity contribution in [2.24, 2.45) is 5.73 Å². The second kappa shape index (κ2) is 5.12. The third-order valence-electron chi connectivity index (χ3n) is 3.15. The minimum Gasteiger partial charge on any atom is -0.391 e. The molecule has 0 aromatic heterocycles. The summed E-state index contributed by atoms with van der Waals surface area (Å²) in [4.78, 5) is 11.8. The van der Waals surface area contributed by atoms with E-state index in [1.54, 1.807) is 20.8 Å². The van der Waals surface area contributed by atoms with Crippen LogP contribution in [0.25, 0.3) is 0 Å². The highest BCUT2D eigenvalue weighted by molar-refractivity contribution is 5.81. The van der Waals surface area contributed by atoms with E-state index in [1.807, 2.05) is 0 Å². The first-order chi connectivity index (χ1) is 7.36. The fourth-order valence-corrected chi connectivity index (χ4v) is 1.57. The van der Waals surface area contributed by atoms with Gasteiger partial charge in [0.1, 0.15) is 6.10 Å². The molecule has 1 saturated heterocycles. The molecule has 0 radical (unpaired) electrons. The van der Waals surface area contributed by atoms with Crippen LogP contribution in [-0.2, 0) is 9.53 Å². The van der Waals surface area contributed by atoms with Gasteiger partial charge in [0, 0.05) is 6.54 Å². The van der Waals surface area contributed by atoms with Crippen LogP contribution in [0.15, 0.2) is 0 Å². The van der Waals surface area contributed by atoms with E-state index in [2.05, 4.69) is 5.32 Å². The summed E-state index contributed by atoms with van der Waals surface area (Å²) >= 11 is 0. The van der Waals surface area contributed by atoms with Crippen molar-refractivity contribution in [3.8, 4) is 0 Å². The number of carbonyl (C=O) groups is 1. The molecule has 1 fully saturated rings. The number of carbonyl (C=O) groups excluding carboxylic acids is 1. The molecule has 0 aromatic carbocycles. The number of ether oxygens (including phenoxy) is 1. The lowest BCUT2D eigenvalue weighted by atomic mass is 9.98. The Morgan fingerprint density at radius 3 is 2.69 bits per heavy atom. The van der Waals surface area contributed by atoms with Crippen molar-refractivity contribution in [1.29, 1.82) is 0 Å². The quantitative estimate of drug-likeness (QED) is 0.623. The summed E-state index contributed by atoms with van der Waals surface area (Å²) in [7, 11) is 0. The number of nitrogens with one attached hydrogen (secondary N) is 1. The molecular formula is C11H22N2O3. The lowest BCUT2D eigenvalue weighted by molar-refractivity contribution is -0.134. The van der Waals surface area contributed by atoms with Crippen LogP contribution in [0, 0.1) is 0 Å². The Labute approximate surface area is 96.3 Å². The van der Waals surface area contributed by atoms with Crippen LogP contribution in [0.4, 0.5) is 0 Å². The number of nitrogens with two attached hydrogens (primary N) is 1. The van der Waals surface area contributed by atoms with Crippen LogP contribution in [0.5, 0.6) is 0 Å². The summed E-state index contributed by atoms with van der Waals surface area (Å²) in [6, 6.07) is 0. The Balaban J connectivity index is 2.48. The Morgan fingerprint density at radius 2 is 2.25 bits per heavy atom. The van der Waals surface area contributed by atoms with E-state index in [4.69, 9.17) is 10.5 Å². The van der Waals surface area contributed by atoms with Gasteiger partial charge in [-0.1, -0.05) is 0 Å². The molecule has 4 N–H and O–H groups in total. The monoisotopic (exact) mass is 230 g/mol. The minimum atomic E-state index is -0.638. The summed E-state index contributed by atoms with van der Waals surface area (Å²) in [5.74, 6) is -0.165. The van der Waals surface area contributed by atoms with Gasteiger partial charge in [-0.15, -0.1) is 0 Å². The SMILES string of the molecule is CC(O)C(C)(C)NC(=O)C1CCC(CN)O1. The molecule has 5 heteroatoms. The topological polar surface area (TPSA) is 84.6 Å². The van der Waals surface area contributed by atoms with Crippen molar-refractivity contribution in [2.75, 3.05) is 6.54 Å². The highest BCUT2D eigenvalue weighted by Gasteiger charge is 2.34. The molecule has 1 rings (SSSR count). The zero-order valence-corrected chi connectivity index (χ0v) is 10.2. The van der Waals surface area contributed by atoms with E-state index in [0.717, 1.165) is 6.42 Å². The Bertz CT molecular complexity index is 254. The van der Waals surface area contributed by atoms with Gasteiger partial charge in [-0.3, -0.25) is 4.79 Å². The molecule has 3 atom stereocenters. The van der Waals surface area contributed by atoms with E-state index < -0.39 is 17.7 Å². The lowest BCUT2D eigenvalue weighted by Gasteiger charge is -2.30. The second-order valence-corrected chi connectivity index (χ2v) is 4.95. The van der Waals surface area contributed by atoms with Gasteiger partial charge < -0.3 is 20.9 Å². The minimum absolute atomic E-state index is 0.00888. The Morgan fingerprint density at radius 1 is 1.62 bits per heavy atom. The zero-order chi connectivity index (χ0) is 12.3. The standard InChI is InChI=1S/C11H22N2O3/c1-7(14)11(2,3)13-10(15)9-5-4-8(6-12)16-9/h7-9,14H,4-6,12H2,1-3H3,(H,13,15). The number of aliphatic hydroxyl groups is 1. The maximum atomic E-state index is 11.8. The van der Waals surface area contributed by atoms with Gasteiger partial charge in [0.15, 0.2) is 0 Å². The van der Waals surface area contributed by atoms with Gasteiger partial charge in [0.2, 0.25) is 5.91 Å². The van der Waals surface area contributed by atoms with E-state index in [1.165, 1.54) is 0 Å². The molecule has 0 aliphatic carbocycles. The van der Waals surface area contributed by atoms with Crippen LogP contribution in [0.3, 0.4) is 0 Å². The third-order valence-corrected chi connectivity index (χ3v) is 3.15. The van der Waals surface area contributed by atoms with E-state index in [0.29, 0.717) is 13.0 Å². The first-order valence-electron chi connectivity index (χ1n) is 5.72. The molecule has 5 nitrogen and oxygen atoms in total. The Kier molecular flexibility index (Phi) is 4.29. The van der Waals surface area contributed by atoms with Gasteiger partial charge in [0.05, 0.1) is 17.7 Å². The van der Waals surface area contributed by atoms with Crippen LogP contribution >= 0.6 is 0 Å². The number of amides is 1. The molecule has 3 unspecified atom stereocenters. The van der Waals surface area contributed by atoms with Crippen LogP contribution in [0.1, 0.15) is 33.6 Å². The van der Waals surface area contributed by atoms with E-state index in [9.17, 15) is 9.90 Å². The number of aliphatic hydroxyl groups excluding tert-OH is 1. The van der Waals surface area contributed by atoms with Crippen LogP contribution in [0.2, 0.25) is 0 Å². The average Bonchev–Trinajstić information content (AvgIpc) is 2.64. The van der Waals surface area contributed by atoms with Gasteiger partial charge in [0.25, 0.3) is 0 Å². The predicted molar refractivity (Wildman–Crippen MR) is 60.9 cm³/mol. The summed E-state index contributed by atoms with van der Waals surface area (Å²) in [5, 5.41) is 12.3. The zero-order valence-electron chi connectivity index (χ0n) is 10.2. The first-order valence-corrected chi connectivity index (χ1v) is 5.72. The third kappa shape index (κ3) is 3.17. The van der Waals surface area contributed by atoms with Gasteiger partial charge in [-0.05, 0) is 33.6 Å². The van der Waals surface area contributed by atoms with Gasteiger partial charge in [-0.2, -0.15) is 0 Å². The number of hydrogen-bond donors (Lipinski definition) is 3. The van der Waals surface area contributed by atoms with Crippen LogP contribution in [-0.4, -0.2) is 41.4 Å². The second-order valence-electron chi connectivity index (χ2n) is 4.95. The van der Waals surface area contributed by atoms with E-state index >= 15 is 0 Å². The fourth-order valence-electron chi connectivity index (χ4n) is 1.57. The van der Waals surface area contributed by atoms with Crippen molar-refractivity contribution in [3.05, 3.63) is 0 Å². The maximum absolute atomic E-state index is 11.8.